The summed E-state index contributed by atoms with van der Waals surface area (Å²) in [7, 11) is -1.44. The van der Waals surface area contributed by atoms with E-state index >= 15 is 0 Å². The lowest BCUT2D eigenvalue weighted by molar-refractivity contribution is 0.0626. The summed E-state index contributed by atoms with van der Waals surface area (Å²) in [5.74, 6) is -0.583. The fourth-order valence-corrected chi connectivity index (χ4v) is 16.5. The molecule has 0 aromatic heterocycles. The summed E-state index contributed by atoms with van der Waals surface area (Å²) in [5.41, 5.74) is 5.87. The first-order valence-electron chi connectivity index (χ1n) is 30.4. The van der Waals surface area contributed by atoms with Gasteiger partial charge in [-0.2, -0.15) is 11.1 Å². The molecule has 16 nitrogen and oxygen atoms in total. The highest BCUT2D eigenvalue weighted by molar-refractivity contribution is 7.20. The second-order valence-electron chi connectivity index (χ2n) is 20.8. The van der Waals surface area contributed by atoms with Gasteiger partial charge in [-0.05, 0) is 125 Å². The van der Waals surface area contributed by atoms with Crippen LogP contribution >= 0.6 is 11.1 Å². The number of benzene rings is 4. The number of methoxy groups -OCH3 is 2. The summed E-state index contributed by atoms with van der Waals surface area (Å²) >= 11 is 6.23. The van der Waals surface area contributed by atoms with Crippen LogP contribution in [-0.4, -0.2) is 207 Å². The van der Waals surface area contributed by atoms with Gasteiger partial charge in [0.15, 0.2) is 24.0 Å². The summed E-state index contributed by atoms with van der Waals surface area (Å²) in [6.07, 6.45) is 0. The predicted molar refractivity (Wildman–Crippen MR) is 349 cm³/mol. The second kappa shape index (κ2) is 41.5. The van der Waals surface area contributed by atoms with E-state index in [1.807, 2.05) is 53.4 Å². The third-order valence-corrected chi connectivity index (χ3v) is 31.8. The average Bonchev–Trinajstić information content (AvgIpc) is 3.75. The van der Waals surface area contributed by atoms with E-state index < -0.39 is 24.0 Å². The van der Waals surface area contributed by atoms with Gasteiger partial charge in [-0.15, -0.1) is 0 Å². The van der Waals surface area contributed by atoms with Crippen LogP contribution in [0.15, 0.2) is 97.1 Å². The number of hydrogen-bond donors (Lipinski definition) is 4. The summed E-state index contributed by atoms with van der Waals surface area (Å²) in [4.78, 5) is 58.4. The Hall–Kier alpha value is -4.62. The maximum Gasteiger partial charge on any atom is 0.254 e. The smallest absolute Gasteiger partial charge is 0.254 e. The van der Waals surface area contributed by atoms with Crippen molar-refractivity contribution in [3.8, 4) is 22.3 Å². The Morgan fingerprint density at radius 1 is 0.345 bits per heavy atom. The normalized spacial score (nSPS) is 11.5. The van der Waals surface area contributed by atoms with Crippen LogP contribution < -0.4 is 0 Å². The lowest BCUT2D eigenvalue weighted by Gasteiger charge is -2.32. The molecule has 0 saturated carbocycles. The van der Waals surface area contributed by atoms with Crippen molar-refractivity contribution in [3.05, 3.63) is 119 Å². The molecule has 84 heavy (non-hydrogen) atoms. The quantitative estimate of drug-likeness (QED) is 0.0246. The Balaban J connectivity index is 0.000000539. The molecule has 0 aliphatic rings. The van der Waals surface area contributed by atoms with Crippen molar-refractivity contribution in [2.24, 2.45) is 0 Å². The highest BCUT2D eigenvalue weighted by Gasteiger charge is 2.31. The van der Waals surface area contributed by atoms with Crippen molar-refractivity contribution in [1.29, 1.82) is 0 Å². The summed E-state index contributed by atoms with van der Waals surface area (Å²) < 4.78 is 23.4. The number of ether oxygens (including phenoxy) is 2. The highest BCUT2D eigenvalue weighted by Crippen LogP contribution is 2.27. The SMILES string of the molecule is CC[Si](CC)(CC)OCCN(CCO[Si](CC)(CC)CC)C(=O)c1ccc(-c2ccc(C(=O)N(CCOC)CCOC)cc2)cc1.CC[Si](Cl)(CC)CC.O=C(c1ccc(-c2ccc(C(=O)N(CCO)CCO)cc2)cc1)N(CCO)CCO. The molecule has 4 aromatic carbocycles. The van der Waals surface area contributed by atoms with E-state index in [0.29, 0.717) is 74.9 Å². The van der Waals surface area contributed by atoms with E-state index in [1.165, 1.54) is 27.9 Å². The molecule has 0 saturated heterocycles. The van der Waals surface area contributed by atoms with Crippen LogP contribution in [0.25, 0.3) is 22.3 Å². The number of halogens is 1. The van der Waals surface area contributed by atoms with Crippen molar-refractivity contribution in [2.75, 3.05) is 119 Å². The number of carbonyl (C=O) groups is 4. The zero-order chi connectivity index (χ0) is 62.6. The van der Waals surface area contributed by atoms with Crippen LogP contribution in [-0.2, 0) is 18.3 Å². The Labute approximate surface area is 511 Å². The molecule has 0 heterocycles. The third-order valence-electron chi connectivity index (χ3n) is 16.3. The van der Waals surface area contributed by atoms with Gasteiger partial charge in [0.1, 0.15) is 0 Å². The first-order valence-corrected chi connectivity index (χ1v) is 39.1. The molecule has 0 atom stereocenters. The van der Waals surface area contributed by atoms with Gasteiger partial charge in [-0.25, -0.2) is 0 Å². The Bertz CT molecular complexity index is 2310. The highest BCUT2D eigenvalue weighted by atomic mass is 35.6. The lowest BCUT2D eigenvalue weighted by Crippen LogP contribution is -2.43. The van der Waals surface area contributed by atoms with E-state index in [4.69, 9.17) is 49.8 Å². The Morgan fingerprint density at radius 2 is 0.548 bits per heavy atom. The fraction of sp³-hybridized carbons (Fsp3) is 0.562. The second-order valence-corrected chi connectivity index (χ2v) is 37.1. The van der Waals surface area contributed by atoms with E-state index in [0.717, 1.165) is 58.5 Å². The molecule has 470 valence electrons. The molecule has 0 bridgehead atoms. The predicted octanol–water partition coefficient (Wildman–Crippen LogP) is 11.0. The van der Waals surface area contributed by atoms with Crippen LogP contribution in [0, 0.1) is 0 Å². The number of rotatable bonds is 37. The van der Waals surface area contributed by atoms with Crippen molar-refractivity contribution in [1.82, 2.24) is 19.6 Å². The van der Waals surface area contributed by atoms with Gasteiger partial charge in [0.25, 0.3) is 23.6 Å². The monoisotopic (exact) mass is 1240 g/mol. The maximum absolute atomic E-state index is 13.8. The molecule has 4 aromatic rings. The molecule has 0 spiro atoms. The average molecular weight is 1240 g/mol. The molecule has 0 aliphatic heterocycles. The van der Waals surface area contributed by atoms with Gasteiger partial charge >= 0.3 is 0 Å². The van der Waals surface area contributed by atoms with Crippen LogP contribution in [0.5, 0.6) is 0 Å². The summed E-state index contributed by atoms with van der Waals surface area (Å²) in [6, 6.07) is 39.5. The Morgan fingerprint density at radius 3 is 0.714 bits per heavy atom. The Kier molecular flexibility index (Phi) is 37.3. The number of aliphatic hydroxyl groups excluding tert-OH is 4. The summed E-state index contributed by atoms with van der Waals surface area (Å²) in [5, 5.41) is 36.3. The lowest BCUT2D eigenvalue weighted by atomic mass is 10.0. The molecule has 0 aliphatic carbocycles. The van der Waals surface area contributed by atoms with E-state index in [2.05, 4.69) is 62.3 Å². The van der Waals surface area contributed by atoms with Crippen molar-refractivity contribution < 1.29 is 57.9 Å². The number of carbonyl (C=O) groups excluding carboxylic acids is 4. The van der Waals surface area contributed by atoms with Gasteiger partial charge < -0.3 is 58.4 Å². The fourth-order valence-electron chi connectivity index (χ4n) is 9.70. The molecular weight excluding hydrogens is 1140 g/mol. The minimum absolute atomic E-state index is 0.000396. The largest absolute Gasteiger partial charge is 0.415 e. The van der Waals surface area contributed by atoms with E-state index in [1.54, 1.807) is 67.7 Å². The van der Waals surface area contributed by atoms with Gasteiger partial charge in [0.05, 0.1) is 52.9 Å². The maximum atomic E-state index is 13.8. The van der Waals surface area contributed by atoms with Crippen LogP contribution in [0.2, 0.25) is 54.4 Å². The van der Waals surface area contributed by atoms with Crippen LogP contribution in [0.4, 0.5) is 0 Å². The van der Waals surface area contributed by atoms with Gasteiger partial charge in [0.2, 0.25) is 0 Å². The summed E-state index contributed by atoms with van der Waals surface area (Å²) in [6.45, 7) is 24.0. The molecule has 0 radical (unpaired) electrons. The molecule has 4 rings (SSSR count). The van der Waals surface area contributed by atoms with Crippen molar-refractivity contribution in [3.63, 3.8) is 0 Å². The first-order chi connectivity index (χ1) is 40.4. The molecule has 0 fully saturated rings. The first kappa shape index (κ1) is 75.5. The topological polar surface area (TPSA) is 199 Å². The van der Waals surface area contributed by atoms with Gasteiger partial charge in [0, 0.05) is 88.8 Å². The zero-order valence-corrected chi connectivity index (χ0v) is 56.4. The van der Waals surface area contributed by atoms with Crippen molar-refractivity contribution >= 4 is 58.7 Å². The zero-order valence-electron chi connectivity index (χ0n) is 52.6. The van der Waals surface area contributed by atoms with Gasteiger partial charge in [-0.3, -0.25) is 19.2 Å². The molecular formula is C64H103ClN4O12Si3. The molecule has 0 unspecified atom stereocenters. The third kappa shape index (κ3) is 24.3. The standard InChI is InChI=1S/C36H60N2O6Si2.C22H28N2O6.C6H15ClSi/c1-9-45(10-2,11-3)43-29-25-38(26-30-44-46(12-4,13-5)14-6)36(40)34-21-17-32(18-22-34)31-15-19-33(20-16-31)35(39)37(23-27-41-7)24-28-42-8;25-13-9-23(10-14-26)21(29)19-5-1-17(2-6-19)18-3-7-20(8-4-18)22(30)24(11-15-27)12-16-28;1-4-8(7,5-2)6-3/h15-22H,9-14,23-30H2,1-8H3;1-8,25-28H,9-16H2;4-6H2,1-3H3. The van der Waals surface area contributed by atoms with E-state index in [9.17, 15) is 19.2 Å². The molecule has 4 N–H and O–H groups in total. The van der Waals surface area contributed by atoms with Crippen LogP contribution in [0.3, 0.4) is 0 Å². The van der Waals surface area contributed by atoms with E-state index in [-0.39, 0.29) is 76.2 Å². The minimum Gasteiger partial charge on any atom is -0.415 e. The number of nitrogens with zero attached hydrogens (tertiary/aromatic N) is 4. The molecule has 20 heteroatoms. The van der Waals surface area contributed by atoms with Crippen LogP contribution in [0.1, 0.15) is 104 Å². The number of hydrogen-bond acceptors (Lipinski definition) is 12. The molecule has 4 amide bonds. The number of aliphatic hydroxyl groups is 4. The minimum atomic E-state index is -1.75. The van der Waals surface area contributed by atoms with Crippen molar-refractivity contribution in [2.45, 2.75) is 117 Å². The number of amides is 4. The van der Waals surface area contributed by atoms with Gasteiger partial charge in [-0.1, -0.05) is 111 Å².